The molecular weight excluding hydrogens is 456 g/mol. The Morgan fingerprint density at radius 3 is 2.43 bits per heavy atom. The molecule has 2 fully saturated rings. The second-order valence-electron chi connectivity index (χ2n) is 9.42. The van der Waals surface area contributed by atoms with E-state index in [-0.39, 0.29) is 25.0 Å². The first-order valence-corrected chi connectivity index (χ1v) is 11.4. The summed E-state index contributed by atoms with van der Waals surface area (Å²) >= 11 is 3.60. The molecule has 1 atom stereocenters. The Balaban J connectivity index is 1.63. The van der Waals surface area contributed by atoms with Gasteiger partial charge in [-0.3, -0.25) is 4.90 Å². The highest BCUT2D eigenvalue weighted by Crippen LogP contribution is 2.30. The van der Waals surface area contributed by atoms with Crippen LogP contribution in [0.4, 0.5) is 19.3 Å². The van der Waals surface area contributed by atoms with Crippen molar-refractivity contribution < 1.29 is 18.3 Å². The van der Waals surface area contributed by atoms with Crippen LogP contribution in [-0.4, -0.2) is 66.2 Å². The van der Waals surface area contributed by atoms with Gasteiger partial charge in [-0.25, -0.2) is 13.6 Å². The van der Waals surface area contributed by atoms with E-state index in [0.717, 1.165) is 22.3 Å². The Kier molecular flexibility index (Phi) is 6.97. The molecule has 0 bridgehead atoms. The predicted octanol–water partition coefficient (Wildman–Crippen LogP) is 5.13. The van der Waals surface area contributed by atoms with Crippen LogP contribution in [0.25, 0.3) is 0 Å². The lowest BCUT2D eigenvalue weighted by atomic mass is 10.1. The molecule has 2 aliphatic heterocycles. The topological polar surface area (TPSA) is 36.0 Å². The van der Waals surface area contributed by atoms with Crippen LogP contribution in [0, 0.1) is 0 Å². The van der Waals surface area contributed by atoms with E-state index in [0.29, 0.717) is 32.7 Å². The average molecular weight is 488 g/mol. The number of carbonyl (C=O) groups is 1. The van der Waals surface area contributed by atoms with Crippen molar-refractivity contribution >= 4 is 27.7 Å². The van der Waals surface area contributed by atoms with Gasteiger partial charge in [0.25, 0.3) is 5.92 Å². The summed E-state index contributed by atoms with van der Waals surface area (Å²) in [5, 5.41) is 0. The zero-order valence-corrected chi connectivity index (χ0v) is 19.8. The van der Waals surface area contributed by atoms with E-state index in [1.807, 2.05) is 27.7 Å². The number of piperidine rings is 1. The number of nitrogens with zero attached hydrogens (tertiary/aromatic N) is 3. The molecule has 2 saturated heterocycles. The summed E-state index contributed by atoms with van der Waals surface area (Å²) in [6.45, 7) is 11.2. The molecule has 0 aromatic heterocycles. The zero-order valence-electron chi connectivity index (χ0n) is 18.3. The number of hydrogen-bond donors (Lipinski definition) is 0. The lowest BCUT2D eigenvalue weighted by molar-refractivity contribution is -0.0566. The second-order valence-corrected chi connectivity index (χ2v) is 10.3. The molecule has 30 heavy (non-hydrogen) atoms. The van der Waals surface area contributed by atoms with Crippen LogP contribution in [-0.2, 0) is 11.3 Å². The fourth-order valence-electron chi connectivity index (χ4n) is 3.99. The molecule has 2 aliphatic rings. The van der Waals surface area contributed by atoms with E-state index in [9.17, 15) is 13.6 Å². The van der Waals surface area contributed by atoms with Crippen molar-refractivity contribution in [2.75, 3.05) is 37.6 Å². The third kappa shape index (κ3) is 6.30. The Morgan fingerprint density at radius 2 is 1.83 bits per heavy atom. The van der Waals surface area contributed by atoms with Gasteiger partial charge in [0, 0.05) is 68.3 Å². The highest BCUT2D eigenvalue weighted by molar-refractivity contribution is 9.10. The first kappa shape index (κ1) is 23.3. The number of hydrogen-bond acceptors (Lipinski definition) is 4. The SMILES string of the molecule is C[C@@H]1CN(c2cc(Br)cc(CN3CCC(F)(F)CC3)c2)CCN1C(=O)OC(C)(C)C. The number of ether oxygens (including phenoxy) is 1. The Bertz CT molecular complexity index is 759. The molecule has 5 nitrogen and oxygen atoms in total. The van der Waals surface area contributed by atoms with Crippen LogP contribution in [0.1, 0.15) is 46.1 Å². The molecular formula is C22H32BrF2N3O2. The maximum atomic E-state index is 13.4. The number of likely N-dealkylation sites (tertiary alicyclic amines) is 1. The van der Waals surface area contributed by atoms with E-state index in [4.69, 9.17) is 4.74 Å². The average Bonchev–Trinajstić information content (AvgIpc) is 2.61. The summed E-state index contributed by atoms with van der Waals surface area (Å²) in [5.74, 6) is -2.52. The third-order valence-electron chi connectivity index (χ3n) is 5.56. The summed E-state index contributed by atoms with van der Waals surface area (Å²) in [6.07, 6.45) is -0.415. The Labute approximate surface area is 186 Å². The van der Waals surface area contributed by atoms with Crippen LogP contribution in [0.15, 0.2) is 22.7 Å². The maximum Gasteiger partial charge on any atom is 0.410 e. The van der Waals surface area contributed by atoms with Gasteiger partial charge in [-0.1, -0.05) is 15.9 Å². The number of alkyl halides is 2. The summed E-state index contributed by atoms with van der Waals surface area (Å²) < 4.78 is 33.4. The highest BCUT2D eigenvalue weighted by atomic mass is 79.9. The number of anilines is 1. The number of benzene rings is 1. The molecule has 1 aromatic carbocycles. The molecule has 8 heteroatoms. The molecule has 0 radical (unpaired) electrons. The van der Waals surface area contributed by atoms with Crippen LogP contribution < -0.4 is 4.90 Å². The van der Waals surface area contributed by atoms with Gasteiger partial charge in [0.05, 0.1) is 0 Å². The van der Waals surface area contributed by atoms with Gasteiger partial charge < -0.3 is 14.5 Å². The summed E-state index contributed by atoms with van der Waals surface area (Å²) in [6, 6.07) is 6.29. The van der Waals surface area contributed by atoms with Gasteiger partial charge in [-0.15, -0.1) is 0 Å². The first-order valence-electron chi connectivity index (χ1n) is 10.6. The van der Waals surface area contributed by atoms with Crippen LogP contribution >= 0.6 is 15.9 Å². The van der Waals surface area contributed by atoms with Crippen molar-refractivity contribution in [2.45, 2.75) is 64.6 Å². The second kappa shape index (κ2) is 8.99. The minimum Gasteiger partial charge on any atom is -0.444 e. The van der Waals surface area contributed by atoms with Gasteiger partial charge in [0.15, 0.2) is 0 Å². The van der Waals surface area contributed by atoms with Crippen molar-refractivity contribution in [3.05, 3.63) is 28.2 Å². The first-order chi connectivity index (χ1) is 13.9. The normalized spacial score (nSPS) is 22.8. The molecule has 168 valence electrons. The monoisotopic (exact) mass is 487 g/mol. The largest absolute Gasteiger partial charge is 0.444 e. The number of rotatable bonds is 3. The fourth-order valence-corrected chi connectivity index (χ4v) is 4.52. The van der Waals surface area contributed by atoms with Crippen molar-refractivity contribution in [1.82, 2.24) is 9.80 Å². The molecule has 0 saturated carbocycles. The predicted molar refractivity (Wildman–Crippen MR) is 118 cm³/mol. The molecule has 0 spiro atoms. The van der Waals surface area contributed by atoms with E-state index >= 15 is 0 Å². The van der Waals surface area contributed by atoms with E-state index in [1.165, 1.54) is 0 Å². The molecule has 1 amide bonds. The molecule has 0 aliphatic carbocycles. The Hall–Kier alpha value is -1.41. The van der Waals surface area contributed by atoms with Crippen molar-refractivity contribution in [3.8, 4) is 0 Å². The third-order valence-corrected chi connectivity index (χ3v) is 6.01. The standard InChI is InChI=1S/C22H32BrF2N3O2/c1-16-14-27(9-10-28(16)20(29)30-21(2,3)4)19-12-17(11-18(23)13-19)15-26-7-5-22(24,25)6-8-26/h11-13,16H,5-10,14-15H2,1-4H3/t16-/m1/s1. The number of carbonyl (C=O) groups excluding carboxylic acids is 1. The van der Waals surface area contributed by atoms with Crippen molar-refractivity contribution in [1.29, 1.82) is 0 Å². The summed E-state index contributed by atoms with van der Waals surface area (Å²) in [5.41, 5.74) is 1.68. The number of halogens is 3. The lowest BCUT2D eigenvalue weighted by Crippen LogP contribution is -2.55. The highest BCUT2D eigenvalue weighted by Gasteiger charge is 2.34. The zero-order chi connectivity index (χ0) is 22.1. The molecule has 0 unspecified atom stereocenters. The van der Waals surface area contributed by atoms with E-state index < -0.39 is 11.5 Å². The smallest absolute Gasteiger partial charge is 0.410 e. The number of piperazine rings is 1. The van der Waals surface area contributed by atoms with Crippen LogP contribution in [0.2, 0.25) is 0 Å². The van der Waals surface area contributed by atoms with Gasteiger partial charge in [-0.05, 0) is 51.5 Å². The summed E-state index contributed by atoms with van der Waals surface area (Å²) in [4.78, 5) is 18.6. The molecule has 3 rings (SSSR count). The van der Waals surface area contributed by atoms with E-state index in [2.05, 4.69) is 43.9 Å². The quantitative estimate of drug-likeness (QED) is 0.592. The Morgan fingerprint density at radius 1 is 1.17 bits per heavy atom. The lowest BCUT2D eigenvalue weighted by Gasteiger charge is -2.41. The maximum absolute atomic E-state index is 13.4. The van der Waals surface area contributed by atoms with Gasteiger partial charge >= 0.3 is 6.09 Å². The van der Waals surface area contributed by atoms with Crippen molar-refractivity contribution in [2.24, 2.45) is 0 Å². The molecule has 1 aromatic rings. The molecule has 0 N–H and O–H groups in total. The van der Waals surface area contributed by atoms with Crippen LogP contribution in [0.5, 0.6) is 0 Å². The van der Waals surface area contributed by atoms with Gasteiger partial charge in [0.2, 0.25) is 0 Å². The van der Waals surface area contributed by atoms with Gasteiger partial charge in [-0.2, -0.15) is 0 Å². The van der Waals surface area contributed by atoms with E-state index in [1.54, 1.807) is 4.90 Å². The van der Waals surface area contributed by atoms with Gasteiger partial charge in [0.1, 0.15) is 5.60 Å². The van der Waals surface area contributed by atoms with Crippen LogP contribution in [0.3, 0.4) is 0 Å². The summed E-state index contributed by atoms with van der Waals surface area (Å²) in [7, 11) is 0. The van der Waals surface area contributed by atoms with Crippen molar-refractivity contribution in [3.63, 3.8) is 0 Å². The minimum absolute atomic E-state index is 0.0281. The fraction of sp³-hybridized carbons (Fsp3) is 0.682. The number of amides is 1. The molecule has 2 heterocycles. The minimum atomic E-state index is -2.52.